The van der Waals surface area contributed by atoms with E-state index in [-0.39, 0.29) is 12.4 Å². The summed E-state index contributed by atoms with van der Waals surface area (Å²) in [5.41, 5.74) is 4.32. The summed E-state index contributed by atoms with van der Waals surface area (Å²) in [4.78, 5) is 15.8. The van der Waals surface area contributed by atoms with Crippen molar-refractivity contribution in [3.05, 3.63) is 45.9 Å². The molecule has 0 fully saturated rings. The molecule has 0 spiro atoms. The summed E-state index contributed by atoms with van der Waals surface area (Å²) in [7, 11) is 0. The van der Waals surface area contributed by atoms with E-state index in [9.17, 15) is 4.79 Å². The molecule has 0 bridgehead atoms. The zero-order chi connectivity index (χ0) is 20.4. The van der Waals surface area contributed by atoms with Crippen molar-refractivity contribution in [2.24, 2.45) is 5.10 Å². The number of carbonyl (C=O) groups excluding carboxylic acids is 1. The molecule has 150 valence electrons. The Kier molecular flexibility index (Phi) is 8.96. The summed E-state index contributed by atoms with van der Waals surface area (Å²) >= 11 is 4.86. The Morgan fingerprint density at radius 1 is 1.36 bits per heavy atom. The molecule has 1 aromatic heterocycles. The number of hydrazone groups is 1. The van der Waals surface area contributed by atoms with Crippen LogP contribution in [0, 0.1) is 0 Å². The van der Waals surface area contributed by atoms with Gasteiger partial charge >= 0.3 is 5.97 Å². The molecular formula is C19H22BrN3O4S. The second kappa shape index (κ2) is 11.5. The van der Waals surface area contributed by atoms with Gasteiger partial charge in [0.05, 0.1) is 36.0 Å². The third kappa shape index (κ3) is 6.65. The molecule has 0 aliphatic rings. The van der Waals surface area contributed by atoms with Gasteiger partial charge in [-0.25, -0.2) is 4.98 Å². The number of esters is 1. The maximum Gasteiger partial charge on any atom is 0.311 e. The molecule has 28 heavy (non-hydrogen) atoms. The van der Waals surface area contributed by atoms with Gasteiger partial charge in [0.15, 0.2) is 11.5 Å². The smallest absolute Gasteiger partial charge is 0.311 e. The fourth-order valence-corrected chi connectivity index (χ4v) is 3.40. The number of nitrogens with zero attached hydrogens (tertiary/aromatic N) is 2. The Morgan fingerprint density at radius 3 is 2.89 bits per heavy atom. The lowest BCUT2D eigenvalue weighted by atomic mass is 10.2. The topological polar surface area (TPSA) is 82.0 Å². The van der Waals surface area contributed by atoms with Crippen LogP contribution < -0.4 is 14.9 Å². The molecule has 0 saturated carbocycles. The van der Waals surface area contributed by atoms with Crippen LogP contribution >= 0.6 is 27.3 Å². The van der Waals surface area contributed by atoms with Crippen molar-refractivity contribution in [1.29, 1.82) is 0 Å². The second-order valence-electron chi connectivity index (χ2n) is 5.36. The van der Waals surface area contributed by atoms with Gasteiger partial charge in [-0.1, -0.05) is 12.7 Å². The Morgan fingerprint density at radius 2 is 2.18 bits per heavy atom. The highest BCUT2D eigenvalue weighted by Gasteiger charge is 2.11. The molecule has 0 radical (unpaired) electrons. The van der Waals surface area contributed by atoms with E-state index in [0.29, 0.717) is 42.1 Å². The molecule has 0 aliphatic heterocycles. The van der Waals surface area contributed by atoms with E-state index in [1.165, 1.54) is 11.3 Å². The largest absolute Gasteiger partial charge is 0.490 e. The minimum Gasteiger partial charge on any atom is -0.490 e. The molecule has 0 saturated heterocycles. The van der Waals surface area contributed by atoms with Crippen LogP contribution in [0.2, 0.25) is 0 Å². The fourth-order valence-electron chi connectivity index (χ4n) is 2.17. The second-order valence-corrected chi connectivity index (χ2v) is 7.07. The molecule has 0 atom stereocenters. The third-order valence-electron chi connectivity index (χ3n) is 3.23. The fraction of sp³-hybridized carbons (Fsp3) is 0.316. The molecule has 0 amide bonds. The van der Waals surface area contributed by atoms with Gasteiger partial charge in [0.25, 0.3) is 0 Å². The van der Waals surface area contributed by atoms with Gasteiger partial charge in [-0.2, -0.15) is 5.10 Å². The van der Waals surface area contributed by atoms with Crippen LogP contribution in [-0.2, 0) is 16.0 Å². The Bertz CT molecular complexity index is 839. The molecule has 0 aliphatic carbocycles. The summed E-state index contributed by atoms with van der Waals surface area (Å²) in [6.07, 6.45) is 3.47. The van der Waals surface area contributed by atoms with Gasteiger partial charge in [-0.15, -0.1) is 11.3 Å². The van der Waals surface area contributed by atoms with E-state index in [0.717, 1.165) is 10.0 Å². The first-order valence-electron chi connectivity index (χ1n) is 8.66. The van der Waals surface area contributed by atoms with Crippen LogP contribution in [0.1, 0.15) is 25.1 Å². The normalized spacial score (nSPS) is 10.7. The number of ether oxygens (including phenoxy) is 3. The standard InChI is InChI=1S/C19H22BrN3O4S/c1-4-7-27-18-15(20)8-13(9-16(18)25-5-2)11-21-23-19-22-14(12-28-19)10-17(24)26-6-3/h4,8-9,11-12H,1,5-7,10H2,2-3H3,(H,22,23). The predicted molar refractivity (Wildman–Crippen MR) is 115 cm³/mol. The van der Waals surface area contributed by atoms with Crippen LogP contribution in [0.3, 0.4) is 0 Å². The number of halogens is 1. The van der Waals surface area contributed by atoms with Gasteiger partial charge in [-0.05, 0) is 47.5 Å². The molecule has 2 aromatic rings. The van der Waals surface area contributed by atoms with Gasteiger partial charge in [0.2, 0.25) is 5.13 Å². The molecule has 2 rings (SSSR count). The molecule has 0 unspecified atom stereocenters. The molecule has 1 N–H and O–H groups in total. The number of benzene rings is 1. The van der Waals surface area contributed by atoms with Crippen molar-refractivity contribution in [1.82, 2.24) is 4.98 Å². The van der Waals surface area contributed by atoms with Crippen LogP contribution in [0.15, 0.2) is 39.7 Å². The van der Waals surface area contributed by atoms with E-state index in [1.54, 1.807) is 24.6 Å². The summed E-state index contributed by atoms with van der Waals surface area (Å²) in [5.74, 6) is 0.941. The van der Waals surface area contributed by atoms with Gasteiger partial charge in [0.1, 0.15) is 6.61 Å². The van der Waals surface area contributed by atoms with Crippen LogP contribution in [0.4, 0.5) is 5.13 Å². The van der Waals surface area contributed by atoms with Crippen LogP contribution in [-0.4, -0.2) is 37.0 Å². The highest BCUT2D eigenvalue weighted by atomic mass is 79.9. The predicted octanol–water partition coefficient (Wildman–Crippen LogP) is 4.42. The van der Waals surface area contributed by atoms with Gasteiger partial charge in [0, 0.05) is 5.38 Å². The molecule has 9 heteroatoms. The number of nitrogens with one attached hydrogen (secondary N) is 1. The highest BCUT2D eigenvalue weighted by Crippen LogP contribution is 2.36. The maximum absolute atomic E-state index is 11.5. The number of hydrogen-bond donors (Lipinski definition) is 1. The van der Waals surface area contributed by atoms with Gasteiger partial charge < -0.3 is 14.2 Å². The molecule has 1 heterocycles. The molecule has 7 nitrogen and oxygen atoms in total. The van der Waals surface area contributed by atoms with Crippen molar-refractivity contribution in [3.8, 4) is 11.5 Å². The van der Waals surface area contributed by atoms with Gasteiger partial charge in [-0.3, -0.25) is 10.2 Å². The summed E-state index contributed by atoms with van der Waals surface area (Å²) < 4.78 is 17.0. The van der Waals surface area contributed by atoms with Crippen molar-refractivity contribution in [3.63, 3.8) is 0 Å². The number of thiazole rings is 1. The lowest BCUT2D eigenvalue weighted by Crippen LogP contribution is -2.07. The average molecular weight is 468 g/mol. The monoisotopic (exact) mass is 467 g/mol. The zero-order valence-corrected chi connectivity index (χ0v) is 18.1. The first-order valence-corrected chi connectivity index (χ1v) is 10.3. The van der Waals surface area contributed by atoms with E-state index in [4.69, 9.17) is 14.2 Å². The Hall–Kier alpha value is -2.39. The van der Waals surface area contributed by atoms with E-state index in [1.807, 2.05) is 19.1 Å². The van der Waals surface area contributed by atoms with E-state index >= 15 is 0 Å². The van der Waals surface area contributed by atoms with Crippen LogP contribution in [0.5, 0.6) is 11.5 Å². The highest BCUT2D eigenvalue weighted by molar-refractivity contribution is 9.10. The molecule has 1 aromatic carbocycles. The average Bonchev–Trinajstić information content (AvgIpc) is 3.08. The Balaban J connectivity index is 2.04. The zero-order valence-electron chi connectivity index (χ0n) is 15.7. The van der Waals surface area contributed by atoms with Crippen molar-refractivity contribution in [2.75, 3.05) is 25.2 Å². The third-order valence-corrected chi connectivity index (χ3v) is 4.62. The minimum atomic E-state index is -0.296. The van der Waals surface area contributed by atoms with E-state index in [2.05, 4.69) is 38.0 Å². The number of anilines is 1. The number of hydrogen-bond acceptors (Lipinski definition) is 8. The van der Waals surface area contributed by atoms with Crippen molar-refractivity contribution in [2.45, 2.75) is 20.3 Å². The summed E-state index contributed by atoms with van der Waals surface area (Å²) in [5, 5.41) is 6.58. The Labute approximate surface area is 176 Å². The molecular weight excluding hydrogens is 446 g/mol. The summed E-state index contributed by atoms with van der Waals surface area (Å²) in [6, 6.07) is 3.71. The first kappa shape index (κ1) is 21.9. The SMILES string of the molecule is C=CCOc1c(Br)cc(C=NNc2nc(CC(=O)OCC)cs2)cc1OCC. The lowest BCUT2D eigenvalue weighted by molar-refractivity contribution is -0.142. The van der Waals surface area contributed by atoms with Crippen molar-refractivity contribution >= 4 is 44.6 Å². The van der Waals surface area contributed by atoms with Crippen LogP contribution in [0.25, 0.3) is 0 Å². The van der Waals surface area contributed by atoms with Crippen molar-refractivity contribution < 1.29 is 19.0 Å². The lowest BCUT2D eigenvalue weighted by Gasteiger charge is -2.13. The number of rotatable bonds is 11. The number of carbonyl (C=O) groups is 1. The first-order chi connectivity index (χ1) is 13.6. The maximum atomic E-state index is 11.5. The minimum absolute atomic E-state index is 0.145. The quantitative estimate of drug-likeness (QED) is 0.228. The number of aromatic nitrogens is 1. The summed E-state index contributed by atoms with van der Waals surface area (Å²) in [6.45, 7) is 8.58. The van der Waals surface area contributed by atoms with E-state index < -0.39 is 0 Å².